The highest BCUT2D eigenvalue weighted by atomic mass is 32.2. The van der Waals surface area contributed by atoms with Gasteiger partial charge in [-0.3, -0.25) is 4.57 Å². The molecule has 0 bridgehead atoms. The zero-order valence-corrected chi connectivity index (χ0v) is 11.7. The van der Waals surface area contributed by atoms with E-state index in [2.05, 4.69) is 9.71 Å². The lowest BCUT2D eigenvalue weighted by Gasteiger charge is -2.10. The van der Waals surface area contributed by atoms with E-state index in [0.29, 0.717) is 5.69 Å². The summed E-state index contributed by atoms with van der Waals surface area (Å²) in [5, 5.41) is 18.0. The second-order valence-corrected chi connectivity index (χ2v) is 5.85. The van der Waals surface area contributed by atoms with Gasteiger partial charge in [-0.2, -0.15) is 10.5 Å². The Hall–Kier alpha value is -2.88. The quantitative estimate of drug-likeness (QED) is 0.771. The van der Waals surface area contributed by atoms with Gasteiger partial charge in [0.25, 0.3) is 0 Å². The highest BCUT2D eigenvalue weighted by Crippen LogP contribution is 2.23. The molecule has 2 rings (SSSR count). The number of nitrogens with two attached hydrogens (primary N) is 1. The van der Waals surface area contributed by atoms with Crippen molar-refractivity contribution in [3.63, 3.8) is 0 Å². The maximum Gasteiger partial charge on any atom is 0.240 e. The summed E-state index contributed by atoms with van der Waals surface area (Å²) >= 11 is 0. The molecule has 1 heterocycles. The van der Waals surface area contributed by atoms with Gasteiger partial charge in [0.15, 0.2) is 11.4 Å². The number of nitrogens with one attached hydrogen (secondary N) is 1. The molecule has 0 fully saturated rings. The first-order valence-corrected chi connectivity index (χ1v) is 7.14. The molecule has 0 atom stereocenters. The van der Waals surface area contributed by atoms with Gasteiger partial charge in [-0.15, -0.1) is 0 Å². The van der Waals surface area contributed by atoms with Crippen LogP contribution in [0.4, 0.5) is 5.69 Å². The molecular formula is C12H10N6O2S. The van der Waals surface area contributed by atoms with Crippen molar-refractivity contribution < 1.29 is 8.42 Å². The van der Waals surface area contributed by atoms with E-state index in [1.54, 1.807) is 6.07 Å². The average Bonchev–Trinajstić information content (AvgIpc) is 2.89. The number of rotatable bonds is 3. The topological polar surface area (TPSA) is 138 Å². The minimum absolute atomic E-state index is 0.00498. The van der Waals surface area contributed by atoms with Crippen molar-refractivity contribution in [1.82, 2.24) is 14.3 Å². The van der Waals surface area contributed by atoms with E-state index in [4.69, 9.17) is 16.3 Å². The van der Waals surface area contributed by atoms with Crippen molar-refractivity contribution >= 4 is 15.7 Å². The van der Waals surface area contributed by atoms with Crippen molar-refractivity contribution in [2.45, 2.75) is 4.90 Å². The van der Waals surface area contributed by atoms with Gasteiger partial charge in [0.2, 0.25) is 10.0 Å². The Kier molecular flexibility index (Phi) is 3.63. The molecule has 21 heavy (non-hydrogen) atoms. The fourth-order valence-electron chi connectivity index (χ4n) is 1.76. The first-order chi connectivity index (χ1) is 9.94. The van der Waals surface area contributed by atoms with Crippen LogP contribution < -0.4 is 10.5 Å². The molecule has 9 heteroatoms. The van der Waals surface area contributed by atoms with E-state index in [-0.39, 0.29) is 22.0 Å². The molecule has 0 spiro atoms. The minimum Gasteiger partial charge on any atom is -0.397 e. The number of sulfonamides is 1. The summed E-state index contributed by atoms with van der Waals surface area (Å²) < 4.78 is 26.9. The smallest absolute Gasteiger partial charge is 0.240 e. The third-order valence-corrected chi connectivity index (χ3v) is 4.23. The van der Waals surface area contributed by atoms with Crippen LogP contribution >= 0.6 is 0 Å². The van der Waals surface area contributed by atoms with Crippen molar-refractivity contribution in [1.29, 1.82) is 10.5 Å². The first-order valence-electron chi connectivity index (χ1n) is 5.65. The largest absolute Gasteiger partial charge is 0.397 e. The molecule has 0 unspecified atom stereocenters. The lowest BCUT2D eigenvalue weighted by Crippen LogP contribution is -2.19. The van der Waals surface area contributed by atoms with Crippen LogP contribution in [0, 0.1) is 22.7 Å². The highest BCUT2D eigenvalue weighted by molar-refractivity contribution is 7.89. The van der Waals surface area contributed by atoms with Crippen LogP contribution in [-0.4, -0.2) is 25.0 Å². The fourth-order valence-corrected chi connectivity index (χ4v) is 2.52. The van der Waals surface area contributed by atoms with Crippen molar-refractivity contribution in [3.05, 3.63) is 35.9 Å². The molecular weight excluding hydrogens is 292 g/mol. The van der Waals surface area contributed by atoms with Crippen LogP contribution in [0.25, 0.3) is 5.69 Å². The SMILES string of the molecule is CNS(=O)(=O)c1ccc(-n2cnc(C#N)c2C#N)c(N)c1. The van der Waals surface area contributed by atoms with Crippen LogP contribution in [0.15, 0.2) is 29.4 Å². The summed E-state index contributed by atoms with van der Waals surface area (Å²) in [6, 6.07) is 7.74. The lowest BCUT2D eigenvalue weighted by molar-refractivity contribution is 0.588. The Balaban J connectivity index is 2.61. The summed E-state index contributed by atoms with van der Waals surface area (Å²) in [5.41, 5.74) is 6.37. The normalized spacial score (nSPS) is 10.8. The molecule has 0 aliphatic heterocycles. The molecule has 0 amide bonds. The molecule has 1 aromatic carbocycles. The molecule has 0 saturated heterocycles. The maximum atomic E-state index is 11.7. The molecule has 8 nitrogen and oxygen atoms in total. The van der Waals surface area contributed by atoms with Gasteiger partial charge in [-0.05, 0) is 25.2 Å². The lowest BCUT2D eigenvalue weighted by atomic mass is 10.2. The summed E-state index contributed by atoms with van der Waals surface area (Å²) in [4.78, 5) is 3.81. The van der Waals surface area contributed by atoms with E-state index in [0.717, 1.165) is 0 Å². The first kappa shape index (κ1) is 14.5. The van der Waals surface area contributed by atoms with E-state index >= 15 is 0 Å². The van der Waals surface area contributed by atoms with Crippen molar-refractivity contribution in [2.75, 3.05) is 12.8 Å². The molecule has 0 radical (unpaired) electrons. The highest BCUT2D eigenvalue weighted by Gasteiger charge is 2.16. The van der Waals surface area contributed by atoms with E-state index in [9.17, 15) is 8.42 Å². The average molecular weight is 302 g/mol. The zero-order chi connectivity index (χ0) is 15.6. The van der Waals surface area contributed by atoms with E-state index in [1.165, 1.54) is 36.1 Å². The molecule has 0 saturated carbocycles. The predicted molar refractivity (Wildman–Crippen MR) is 73.7 cm³/mol. The van der Waals surface area contributed by atoms with Crippen LogP contribution in [0.2, 0.25) is 0 Å². The molecule has 0 aliphatic carbocycles. The molecule has 0 aliphatic rings. The molecule has 1 aromatic heterocycles. The summed E-state index contributed by atoms with van der Waals surface area (Å²) in [7, 11) is -2.31. The second kappa shape index (κ2) is 5.25. The van der Waals surface area contributed by atoms with Gasteiger partial charge in [-0.25, -0.2) is 18.1 Å². The van der Waals surface area contributed by atoms with Gasteiger partial charge < -0.3 is 5.73 Å². The van der Waals surface area contributed by atoms with Gasteiger partial charge in [0.05, 0.1) is 16.3 Å². The zero-order valence-electron chi connectivity index (χ0n) is 10.9. The standard InChI is InChI=1S/C12H10N6O2S/c1-16-21(19,20)8-2-3-11(9(15)4-8)18-7-17-10(5-13)12(18)6-14/h2-4,7,16H,15H2,1H3. The van der Waals surface area contributed by atoms with Crippen molar-refractivity contribution in [3.8, 4) is 17.8 Å². The van der Waals surface area contributed by atoms with Crippen LogP contribution in [0.3, 0.4) is 0 Å². The number of nitrogens with zero attached hydrogens (tertiary/aromatic N) is 4. The number of hydrogen-bond donors (Lipinski definition) is 2. The number of imidazole rings is 1. The number of nitriles is 2. The minimum atomic E-state index is -3.61. The third kappa shape index (κ3) is 2.43. The summed E-state index contributed by atoms with van der Waals surface area (Å²) in [5.74, 6) is 0. The van der Waals surface area contributed by atoms with Gasteiger partial charge >= 0.3 is 0 Å². The molecule has 3 N–H and O–H groups in total. The predicted octanol–water partition coefficient (Wildman–Crippen LogP) is 0.106. The number of anilines is 1. The Bertz CT molecular complexity index is 885. The van der Waals surface area contributed by atoms with Crippen molar-refractivity contribution in [2.24, 2.45) is 0 Å². The van der Waals surface area contributed by atoms with Crippen LogP contribution in [0.5, 0.6) is 0 Å². The Morgan fingerprint density at radius 3 is 2.57 bits per heavy atom. The Labute approximate surface area is 121 Å². The molecule has 2 aromatic rings. The maximum absolute atomic E-state index is 11.7. The van der Waals surface area contributed by atoms with E-state index < -0.39 is 10.0 Å². The fraction of sp³-hybridized carbons (Fsp3) is 0.0833. The Morgan fingerprint density at radius 2 is 2.05 bits per heavy atom. The number of aromatic nitrogens is 2. The monoisotopic (exact) mass is 302 g/mol. The van der Waals surface area contributed by atoms with E-state index in [1.807, 2.05) is 6.07 Å². The van der Waals surface area contributed by atoms with Gasteiger partial charge in [-0.1, -0.05) is 0 Å². The third-order valence-electron chi connectivity index (χ3n) is 2.82. The van der Waals surface area contributed by atoms with Crippen LogP contribution in [0.1, 0.15) is 11.4 Å². The summed E-state index contributed by atoms with van der Waals surface area (Å²) in [6.45, 7) is 0. The molecule has 106 valence electrons. The van der Waals surface area contributed by atoms with Crippen LogP contribution in [-0.2, 0) is 10.0 Å². The number of nitrogen functional groups attached to an aromatic ring is 1. The Morgan fingerprint density at radius 1 is 1.33 bits per heavy atom. The van der Waals surface area contributed by atoms with Gasteiger partial charge in [0, 0.05) is 0 Å². The number of benzene rings is 1. The number of hydrogen-bond acceptors (Lipinski definition) is 6. The summed E-state index contributed by atoms with van der Waals surface area (Å²) in [6.07, 6.45) is 1.29. The second-order valence-electron chi connectivity index (χ2n) is 3.96. The van der Waals surface area contributed by atoms with Gasteiger partial charge in [0.1, 0.15) is 18.5 Å².